The fraction of sp³-hybridized carbons (Fsp3) is 0.500. The molecule has 3 N–H and O–H groups in total. The highest BCUT2D eigenvalue weighted by atomic mass is 16.2. The normalized spacial score (nSPS) is 17.4. The summed E-state index contributed by atoms with van der Waals surface area (Å²) < 4.78 is 0. The number of primary amides is 1. The number of allylic oxidation sites excluding steroid dienone is 2. The molecule has 4 heteroatoms. The minimum Gasteiger partial charge on any atom is -0.350 e. The summed E-state index contributed by atoms with van der Waals surface area (Å²) in [5.74, 6) is 0. The highest BCUT2D eigenvalue weighted by Crippen LogP contribution is 2.18. The number of hydrogen-bond donors (Lipinski definition) is 2. The van der Waals surface area contributed by atoms with Crippen LogP contribution in [0.25, 0.3) is 0 Å². The highest BCUT2D eigenvalue weighted by molar-refractivity contribution is 5.98. The molecule has 4 nitrogen and oxygen atoms in total. The summed E-state index contributed by atoms with van der Waals surface area (Å²) in [7, 11) is 0. The summed E-state index contributed by atoms with van der Waals surface area (Å²) in [6, 6.07) is -0.618. The van der Waals surface area contributed by atoms with Crippen LogP contribution >= 0.6 is 0 Å². The number of amides is 2. The number of carbonyl (C=O) groups excluding carboxylic acids is 1. The van der Waals surface area contributed by atoms with Gasteiger partial charge in [0.15, 0.2) is 0 Å². The SMILES string of the molecule is CC(=NNC(N)=O)C1=CCCC1. The first kappa shape index (κ1) is 8.77. The molecule has 0 heterocycles. The molecule has 1 rings (SSSR count). The maximum absolute atomic E-state index is 10.3. The Balaban J connectivity index is 2.50. The predicted octanol–water partition coefficient (Wildman–Crippen LogP) is 1.14. The molecule has 66 valence electrons. The van der Waals surface area contributed by atoms with Gasteiger partial charge in [0, 0.05) is 0 Å². The number of carbonyl (C=O) groups is 1. The fourth-order valence-corrected chi connectivity index (χ4v) is 1.21. The van der Waals surface area contributed by atoms with E-state index in [9.17, 15) is 4.79 Å². The third-order valence-electron chi connectivity index (χ3n) is 1.84. The van der Waals surface area contributed by atoms with Crippen molar-refractivity contribution < 1.29 is 4.79 Å². The molecule has 0 spiro atoms. The Hall–Kier alpha value is -1.32. The number of hydrogen-bond acceptors (Lipinski definition) is 2. The summed E-state index contributed by atoms with van der Waals surface area (Å²) in [6.07, 6.45) is 5.48. The first-order valence-corrected chi connectivity index (χ1v) is 3.99. The molecule has 0 bridgehead atoms. The number of urea groups is 1. The van der Waals surface area contributed by atoms with Crippen LogP contribution in [0.2, 0.25) is 0 Å². The molecular formula is C8H13N3O. The molecule has 1 aliphatic rings. The second kappa shape index (κ2) is 3.90. The van der Waals surface area contributed by atoms with Crippen LogP contribution in [0, 0.1) is 0 Å². The summed E-state index contributed by atoms with van der Waals surface area (Å²) in [6.45, 7) is 1.87. The van der Waals surface area contributed by atoms with Gasteiger partial charge in [-0.25, -0.2) is 10.2 Å². The fourth-order valence-electron chi connectivity index (χ4n) is 1.21. The lowest BCUT2D eigenvalue weighted by Gasteiger charge is -1.99. The Labute approximate surface area is 71.5 Å². The van der Waals surface area contributed by atoms with Crippen molar-refractivity contribution in [1.29, 1.82) is 0 Å². The van der Waals surface area contributed by atoms with Gasteiger partial charge in [-0.2, -0.15) is 5.10 Å². The molecule has 0 fully saturated rings. The molecule has 0 aromatic rings. The van der Waals surface area contributed by atoms with E-state index in [2.05, 4.69) is 16.6 Å². The maximum atomic E-state index is 10.3. The molecule has 0 aliphatic heterocycles. The molecule has 0 saturated heterocycles. The first-order valence-electron chi connectivity index (χ1n) is 3.99. The number of nitrogens with zero attached hydrogens (tertiary/aromatic N) is 1. The quantitative estimate of drug-likeness (QED) is 0.470. The molecule has 1 aliphatic carbocycles. The van der Waals surface area contributed by atoms with Crippen molar-refractivity contribution in [2.24, 2.45) is 10.8 Å². The van der Waals surface area contributed by atoms with Crippen molar-refractivity contribution in [2.45, 2.75) is 26.2 Å². The Morgan fingerprint density at radius 2 is 2.50 bits per heavy atom. The molecule has 0 atom stereocenters. The second-order valence-corrected chi connectivity index (χ2v) is 2.79. The minimum atomic E-state index is -0.618. The van der Waals surface area contributed by atoms with Crippen LogP contribution in [0.5, 0.6) is 0 Å². The van der Waals surface area contributed by atoms with Gasteiger partial charge >= 0.3 is 6.03 Å². The third-order valence-corrected chi connectivity index (χ3v) is 1.84. The van der Waals surface area contributed by atoms with Crippen LogP contribution < -0.4 is 11.2 Å². The van der Waals surface area contributed by atoms with E-state index in [0.29, 0.717) is 0 Å². The molecule has 0 radical (unpaired) electrons. The third kappa shape index (κ3) is 2.38. The van der Waals surface area contributed by atoms with E-state index in [1.165, 1.54) is 12.0 Å². The molecule has 0 aromatic carbocycles. The highest BCUT2D eigenvalue weighted by Gasteiger charge is 2.06. The monoisotopic (exact) mass is 167 g/mol. The zero-order valence-corrected chi connectivity index (χ0v) is 7.13. The van der Waals surface area contributed by atoms with E-state index in [4.69, 9.17) is 5.73 Å². The van der Waals surface area contributed by atoms with Crippen molar-refractivity contribution in [1.82, 2.24) is 5.43 Å². The molecule has 12 heavy (non-hydrogen) atoms. The molecule has 0 aromatic heterocycles. The average molecular weight is 167 g/mol. The van der Waals surface area contributed by atoms with Gasteiger partial charge in [-0.05, 0) is 31.8 Å². The number of hydrazone groups is 1. The lowest BCUT2D eigenvalue weighted by Crippen LogP contribution is -2.25. The standard InChI is InChI=1S/C8H13N3O/c1-6(10-11-8(9)12)7-4-2-3-5-7/h4H,2-3,5H2,1H3,(H3,9,11,12). The zero-order chi connectivity index (χ0) is 8.97. The second-order valence-electron chi connectivity index (χ2n) is 2.79. The van der Waals surface area contributed by atoms with E-state index in [0.717, 1.165) is 18.6 Å². The van der Waals surface area contributed by atoms with Crippen LogP contribution in [0.4, 0.5) is 4.79 Å². The van der Waals surface area contributed by atoms with Crippen molar-refractivity contribution >= 4 is 11.7 Å². The van der Waals surface area contributed by atoms with Gasteiger partial charge in [-0.15, -0.1) is 0 Å². The number of nitrogens with one attached hydrogen (secondary N) is 1. The lowest BCUT2D eigenvalue weighted by molar-refractivity contribution is 0.249. The molecule has 0 saturated carbocycles. The Morgan fingerprint density at radius 1 is 1.75 bits per heavy atom. The summed E-state index contributed by atoms with van der Waals surface area (Å²) in [5.41, 5.74) is 9.14. The van der Waals surface area contributed by atoms with Gasteiger partial charge in [-0.1, -0.05) is 6.08 Å². The van der Waals surface area contributed by atoms with Crippen LogP contribution in [0.15, 0.2) is 16.8 Å². The number of rotatable bonds is 2. The van der Waals surface area contributed by atoms with E-state index in [1.54, 1.807) is 0 Å². The number of nitrogens with two attached hydrogens (primary N) is 1. The van der Waals surface area contributed by atoms with E-state index in [1.807, 2.05) is 6.92 Å². The predicted molar refractivity (Wildman–Crippen MR) is 47.8 cm³/mol. The summed E-state index contributed by atoms with van der Waals surface area (Å²) in [5, 5.41) is 3.83. The lowest BCUT2D eigenvalue weighted by atomic mass is 10.1. The Kier molecular flexibility index (Phi) is 2.85. The minimum absolute atomic E-state index is 0.618. The van der Waals surface area contributed by atoms with E-state index in [-0.39, 0.29) is 0 Å². The largest absolute Gasteiger partial charge is 0.350 e. The molecule has 0 unspecified atom stereocenters. The van der Waals surface area contributed by atoms with Crippen LogP contribution in [0.1, 0.15) is 26.2 Å². The Bertz CT molecular complexity index is 243. The van der Waals surface area contributed by atoms with Crippen LogP contribution in [-0.2, 0) is 0 Å². The van der Waals surface area contributed by atoms with Crippen molar-refractivity contribution in [3.63, 3.8) is 0 Å². The van der Waals surface area contributed by atoms with Crippen molar-refractivity contribution in [3.8, 4) is 0 Å². The summed E-state index contributed by atoms with van der Waals surface area (Å²) in [4.78, 5) is 10.3. The van der Waals surface area contributed by atoms with Gasteiger partial charge in [0.1, 0.15) is 0 Å². The van der Waals surface area contributed by atoms with Crippen LogP contribution in [-0.4, -0.2) is 11.7 Å². The van der Waals surface area contributed by atoms with E-state index < -0.39 is 6.03 Å². The molecule has 2 amide bonds. The smallest absolute Gasteiger partial charge is 0.332 e. The van der Waals surface area contributed by atoms with Gasteiger partial charge in [0.05, 0.1) is 5.71 Å². The topological polar surface area (TPSA) is 67.5 Å². The molecular weight excluding hydrogens is 154 g/mol. The van der Waals surface area contributed by atoms with E-state index >= 15 is 0 Å². The summed E-state index contributed by atoms with van der Waals surface area (Å²) >= 11 is 0. The first-order chi connectivity index (χ1) is 5.70. The van der Waals surface area contributed by atoms with Gasteiger partial charge in [0.2, 0.25) is 0 Å². The van der Waals surface area contributed by atoms with Crippen molar-refractivity contribution in [3.05, 3.63) is 11.6 Å². The van der Waals surface area contributed by atoms with Gasteiger partial charge in [0.25, 0.3) is 0 Å². The van der Waals surface area contributed by atoms with Gasteiger partial charge < -0.3 is 5.73 Å². The van der Waals surface area contributed by atoms with Crippen molar-refractivity contribution in [2.75, 3.05) is 0 Å². The average Bonchev–Trinajstić information content (AvgIpc) is 2.51. The Morgan fingerprint density at radius 3 is 3.00 bits per heavy atom. The van der Waals surface area contributed by atoms with Gasteiger partial charge in [-0.3, -0.25) is 0 Å². The maximum Gasteiger partial charge on any atom is 0.332 e. The zero-order valence-electron chi connectivity index (χ0n) is 7.13. The van der Waals surface area contributed by atoms with Crippen LogP contribution in [0.3, 0.4) is 0 Å².